The number of rotatable bonds is 0. The van der Waals surface area contributed by atoms with Crippen LogP contribution in [-0.2, 0) is 21.9 Å². The molecule has 0 unspecified atom stereocenters. The van der Waals surface area contributed by atoms with Gasteiger partial charge in [-0.15, -0.1) is 0 Å². The maximum absolute atomic E-state index is 2.74. The molecule has 5 aliphatic rings. The maximum atomic E-state index is 2.74. The Bertz CT molecular complexity index is 3040. The summed E-state index contributed by atoms with van der Waals surface area (Å²) >= 11 is 0. The van der Waals surface area contributed by atoms with E-state index >= 15 is 0 Å². The van der Waals surface area contributed by atoms with Crippen molar-refractivity contribution in [2.75, 3.05) is 32.9 Å². The molecule has 3 heterocycles. The molecule has 13 rings (SSSR count). The Balaban J connectivity index is 1.16. The molecule has 0 saturated carbocycles. The van der Waals surface area contributed by atoms with E-state index in [2.05, 4.69) is 243 Å². The number of anilines is 6. The summed E-state index contributed by atoms with van der Waals surface area (Å²) in [5.74, 6) is 0. The standard InChI is InChI=1S/C60H52N4/c1-57(2,3)39-29-31-51-47(35-39)48-36-40(58(4,5)6)30-32-52(48)60(51)63-37-61(53-25-11-13-27-55(53)63)43-19-15-17-41(33-43)59(49-23-9-7-21-45(49)46-22-8-10-24-50(46)59)42-18-16-20-44(34-42)62-38-64(60)56-28-14-12-26-54(56)62/h7-36H,37-38H2,1-6H3. The first-order valence-corrected chi connectivity index (χ1v) is 23.0. The fourth-order valence-electron chi connectivity index (χ4n) is 12.2. The SMILES string of the molecule is CC(C)(C)c1ccc2c(c1)-c1cc(C(C)(C)C)ccc1C21N2CN(c3cccc(c3)C3(c4cccc(c4)N4CN1c1ccccc14)c1ccccc1-c1ccccc13)c1ccccc12. The van der Waals surface area contributed by atoms with Gasteiger partial charge in [0.15, 0.2) is 5.66 Å². The molecule has 0 aromatic heterocycles. The molecule has 8 aromatic carbocycles. The minimum Gasteiger partial charge on any atom is -0.321 e. The van der Waals surface area contributed by atoms with Crippen molar-refractivity contribution < 1.29 is 0 Å². The molecule has 2 spiro atoms. The Morgan fingerprint density at radius 2 is 0.766 bits per heavy atom. The number of hydrogen-bond donors (Lipinski definition) is 0. The van der Waals surface area contributed by atoms with Crippen LogP contribution >= 0.6 is 0 Å². The van der Waals surface area contributed by atoms with Gasteiger partial charge in [-0.3, -0.25) is 0 Å². The van der Waals surface area contributed by atoms with Crippen LogP contribution < -0.4 is 19.6 Å². The van der Waals surface area contributed by atoms with E-state index in [1.807, 2.05) is 0 Å². The van der Waals surface area contributed by atoms with Gasteiger partial charge in [0.1, 0.15) is 0 Å². The van der Waals surface area contributed by atoms with Crippen molar-refractivity contribution in [3.63, 3.8) is 0 Å². The van der Waals surface area contributed by atoms with E-state index in [9.17, 15) is 0 Å². The van der Waals surface area contributed by atoms with Gasteiger partial charge in [-0.1, -0.05) is 175 Å². The molecule has 2 aliphatic carbocycles. The summed E-state index contributed by atoms with van der Waals surface area (Å²) in [6.45, 7) is 15.4. The predicted molar refractivity (Wildman–Crippen MR) is 266 cm³/mol. The van der Waals surface area contributed by atoms with E-state index in [0.717, 1.165) is 0 Å². The summed E-state index contributed by atoms with van der Waals surface area (Å²) in [4.78, 5) is 10.6. The van der Waals surface area contributed by atoms with Gasteiger partial charge in [0.2, 0.25) is 0 Å². The summed E-state index contributed by atoms with van der Waals surface area (Å²) in [6, 6.07) is 70.3. The van der Waals surface area contributed by atoms with Crippen LogP contribution in [0.15, 0.2) is 182 Å². The molecule has 3 aliphatic heterocycles. The van der Waals surface area contributed by atoms with E-state index in [1.54, 1.807) is 0 Å². The average molecular weight is 829 g/mol. The highest BCUT2D eigenvalue weighted by Gasteiger charge is 2.58. The minimum atomic E-state index is -0.711. The third-order valence-electron chi connectivity index (χ3n) is 15.2. The highest BCUT2D eigenvalue weighted by atomic mass is 15.5. The lowest BCUT2D eigenvalue weighted by Gasteiger charge is -2.49. The number of nitrogens with zero attached hydrogens (tertiary/aromatic N) is 4. The minimum absolute atomic E-state index is 0.0162. The normalized spacial score (nSPS) is 16.6. The van der Waals surface area contributed by atoms with E-state index in [4.69, 9.17) is 0 Å². The number of para-hydroxylation sites is 4. The quantitative estimate of drug-likeness (QED) is 0.151. The van der Waals surface area contributed by atoms with Gasteiger partial charge in [0.05, 0.1) is 41.5 Å². The monoisotopic (exact) mass is 828 g/mol. The van der Waals surface area contributed by atoms with Crippen LogP contribution in [0.4, 0.5) is 34.1 Å². The summed E-state index contributed by atoms with van der Waals surface area (Å²) in [7, 11) is 0. The summed E-state index contributed by atoms with van der Waals surface area (Å²) in [6.07, 6.45) is 0. The Hall–Kier alpha value is -7.04. The fourth-order valence-corrected chi connectivity index (χ4v) is 12.2. The second-order valence-electron chi connectivity index (χ2n) is 20.6. The van der Waals surface area contributed by atoms with E-state index in [0.29, 0.717) is 13.3 Å². The summed E-state index contributed by atoms with van der Waals surface area (Å²) < 4.78 is 0. The molecule has 4 heteroatoms. The Morgan fingerprint density at radius 3 is 1.20 bits per heavy atom. The molecule has 4 nitrogen and oxygen atoms in total. The fraction of sp³-hybridized carbons (Fsp3) is 0.200. The van der Waals surface area contributed by atoms with Crippen molar-refractivity contribution in [1.82, 2.24) is 0 Å². The van der Waals surface area contributed by atoms with Gasteiger partial charge in [-0.25, -0.2) is 0 Å². The van der Waals surface area contributed by atoms with Crippen LogP contribution in [0.2, 0.25) is 0 Å². The maximum Gasteiger partial charge on any atom is 0.170 e. The highest BCUT2D eigenvalue weighted by Crippen LogP contribution is 2.63. The molecule has 0 fully saturated rings. The first kappa shape index (κ1) is 37.5. The van der Waals surface area contributed by atoms with Gasteiger partial charge in [0, 0.05) is 22.5 Å². The van der Waals surface area contributed by atoms with Crippen LogP contribution in [0.3, 0.4) is 0 Å². The molecular weight excluding hydrogens is 777 g/mol. The first-order chi connectivity index (χ1) is 31.0. The van der Waals surface area contributed by atoms with Gasteiger partial charge >= 0.3 is 0 Å². The van der Waals surface area contributed by atoms with Crippen LogP contribution in [0.1, 0.15) is 86.1 Å². The molecule has 0 atom stereocenters. The zero-order valence-electron chi connectivity index (χ0n) is 37.5. The smallest absolute Gasteiger partial charge is 0.170 e. The third kappa shape index (κ3) is 4.78. The van der Waals surface area contributed by atoms with E-state index < -0.39 is 11.1 Å². The van der Waals surface area contributed by atoms with Crippen molar-refractivity contribution in [2.24, 2.45) is 0 Å². The topological polar surface area (TPSA) is 13.0 Å². The third-order valence-corrected chi connectivity index (χ3v) is 15.2. The Kier molecular flexibility index (Phi) is 7.50. The molecule has 0 saturated heterocycles. The van der Waals surface area contributed by atoms with Crippen molar-refractivity contribution in [3.8, 4) is 22.3 Å². The second kappa shape index (κ2) is 12.8. The number of hydrogen-bond acceptors (Lipinski definition) is 4. The Morgan fingerprint density at radius 1 is 0.359 bits per heavy atom. The number of fused-ring (bicyclic) bond motifs is 30. The second-order valence-corrected chi connectivity index (χ2v) is 20.6. The lowest BCUT2D eigenvalue weighted by molar-refractivity contribution is 0.471. The van der Waals surface area contributed by atoms with Crippen molar-refractivity contribution in [1.29, 1.82) is 0 Å². The molecule has 64 heavy (non-hydrogen) atoms. The molecule has 8 aromatic rings. The molecular formula is C60H52N4. The van der Waals surface area contributed by atoms with Crippen molar-refractivity contribution >= 4 is 34.1 Å². The van der Waals surface area contributed by atoms with Crippen LogP contribution in [0.25, 0.3) is 22.3 Å². The number of benzene rings is 8. The van der Waals surface area contributed by atoms with Gasteiger partial charge < -0.3 is 19.6 Å². The first-order valence-electron chi connectivity index (χ1n) is 23.0. The zero-order valence-corrected chi connectivity index (χ0v) is 37.5. The Labute approximate surface area is 377 Å². The summed E-state index contributed by atoms with van der Waals surface area (Å²) in [5, 5.41) is 0. The molecule has 0 N–H and O–H groups in total. The molecule has 0 radical (unpaired) electrons. The lowest BCUT2D eigenvalue weighted by Crippen LogP contribution is -2.59. The molecule has 8 bridgehead atoms. The summed E-state index contributed by atoms with van der Waals surface area (Å²) in [5.41, 5.74) is 21.8. The van der Waals surface area contributed by atoms with Crippen molar-refractivity contribution in [2.45, 2.75) is 63.5 Å². The zero-order chi connectivity index (χ0) is 43.3. The molecule has 312 valence electrons. The van der Waals surface area contributed by atoms with Crippen LogP contribution in [-0.4, -0.2) is 13.3 Å². The van der Waals surface area contributed by atoms with E-state index in [-0.39, 0.29) is 10.8 Å². The van der Waals surface area contributed by atoms with Gasteiger partial charge in [-0.2, -0.15) is 0 Å². The van der Waals surface area contributed by atoms with Gasteiger partial charge in [0.25, 0.3) is 0 Å². The largest absolute Gasteiger partial charge is 0.321 e. The van der Waals surface area contributed by atoms with E-state index in [1.165, 1.54) is 101 Å². The van der Waals surface area contributed by atoms with Crippen molar-refractivity contribution in [3.05, 3.63) is 226 Å². The van der Waals surface area contributed by atoms with Crippen LogP contribution in [0, 0.1) is 0 Å². The predicted octanol–water partition coefficient (Wildman–Crippen LogP) is 14.4. The lowest BCUT2D eigenvalue weighted by atomic mass is 9.67. The van der Waals surface area contributed by atoms with Gasteiger partial charge in [-0.05, 0) is 115 Å². The average Bonchev–Trinajstić information content (AvgIpc) is 4.05. The molecule has 0 amide bonds. The highest BCUT2D eigenvalue weighted by molar-refractivity contribution is 5.95. The van der Waals surface area contributed by atoms with Crippen LogP contribution in [0.5, 0.6) is 0 Å².